The standard InChI is InChI=1S/C15H22ClNO2/c1-3-17-15(11-6-8-19-9-7-11)13-5-4-12(16)10-14(13)18-2/h4-5,10-11,15,17H,3,6-9H2,1-2H3. The highest BCUT2D eigenvalue weighted by Crippen LogP contribution is 2.36. The van der Waals surface area contributed by atoms with E-state index in [1.165, 1.54) is 5.56 Å². The van der Waals surface area contributed by atoms with Crippen molar-refractivity contribution < 1.29 is 9.47 Å². The summed E-state index contributed by atoms with van der Waals surface area (Å²) in [5, 5.41) is 4.30. The van der Waals surface area contributed by atoms with Crippen molar-refractivity contribution in [3.05, 3.63) is 28.8 Å². The second kappa shape index (κ2) is 7.13. The van der Waals surface area contributed by atoms with Crippen molar-refractivity contribution in [1.29, 1.82) is 0 Å². The van der Waals surface area contributed by atoms with E-state index in [1.54, 1.807) is 7.11 Å². The van der Waals surface area contributed by atoms with E-state index in [2.05, 4.69) is 18.3 Å². The highest BCUT2D eigenvalue weighted by atomic mass is 35.5. The molecule has 4 heteroatoms. The number of hydrogen-bond acceptors (Lipinski definition) is 3. The Balaban J connectivity index is 2.26. The van der Waals surface area contributed by atoms with Crippen LogP contribution < -0.4 is 10.1 Å². The summed E-state index contributed by atoms with van der Waals surface area (Å²) in [6.07, 6.45) is 2.17. The normalized spacial score (nSPS) is 18.3. The molecule has 19 heavy (non-hydrogen) atoms. The van der Waals surface area contributed by atoms with Crippen LogP contribution in [0.2, 0.25) is 5.02 Å². The molecule has 1 aliphatic rings. The number of halogens is 1. The van der Waals surface area contributed by atoms with Gasteiger partial charge in [0.1, 0.15) is 5.75 Å². The van der Waals surface area contributed by atoms with Gasteiger partial charge >= 0.3 is 0 Å². The van der Waals surface area contributed by atoms with Crippen LogP contribution >= 0.6 is 11.6 Å². The average Bonchev–Trinajstić information content (AvgIpc) is 2.46. The van der Waals surface area contributed by atoms with Gasteiger partial charge in [-0.25, -0.2) is 0 Å². The molecule has 0 aliphatic carbocycles. The lowest BCUT2D eigenvalue weighted by Gasteiger charge is -2.32. The summed E-state index contributed by atoms with van der Waals surface area (Å²) in [5.41, 5.74) is 1.20. The molecule has 3 nitrogen and oxygen atoms in total. The number of hydrogen-bond donors (Lipinski definition) is 1. The number of methoxy groups -OCH3 is 1. The fraction of sp³-hybridized carbons (Fsp3) is 0.600. The zero-order valence-corrected chi connectivity index (χ0v) is 12.4. The van der Waals surface area contributed by atoms with E-state index in [0.717, 1.165) is 38.3 Å². The van der Waals surface area contributed by atoms with E-state index in [0.29, 0.717) is 17.0 Å². The molecule has 0 aromatic heterocycles. The Morgan fingerprint density at radius 1 is 1.42 bits per heavy atom. The van der Waals surface area contributed by atoms with Crippen LogP contribution in [0, 0.1) is 5.92 Å². The maximum Gasteiger partial charge on any atom is 0.125 e. The van der Waals surface area contributed by atoms with Crippen molar-refractivity contribution in [1.82, 2.24) is 5.32 Å². The van der Waals surface area contributed by atoms with E-state index in [4.69, 9.17) is 21.1 Å². The lowest BCUT2D eigenvalue weighted by atomic mass is 9.86. The van der Waals surface area contributed by atoms with Crippen LogP contribution in [-0.4, -0.2) is 26.9 Å². The predicted molar refractivity (Wildman–Crippen MR) is 78.0 cm³/mol. The maximum absolute atomic E-state index is 6.04. The van der Waals surface area contributed by atoms with Gasteiger partial charge in [-0.15, -0.1) is 0 Å². The fourth-order valence-corrected chi connectivity index (χ4v) is 2.90. The molecule has 1 aromatic rings. The van der Waals surface area contributed by atoms with Crippen LogP contribution in [-0.2, 0) is 4.74 Å². The van der Waals surface area contributed by atoms with Crippen molar-refractivity contribution in [3.8, 4) is 5.75 Å². The van der Waals surface area contributed by atoms with Crippen molar-refractivity contribution >= 4 is 11.6 Å². The largest absolute Gasteiger partial charge is 0.496 e. The highest BCUT2D eigenvalue weighted by Gasteiger charge is 2.27. The minimum atomic E-state index is 0.307. The van der Waals surface area contributed by atoms with E-state index < -0.39 is 0 Å². The van der Waals surface area contributed by atoms with Crippen LogP contribution in [0.15, 0.2) is 18.2 Å². The molecule has 1 saturated heterocycles. The molecular formula is C15H22ClNO2. The lowest BCUT2D eigenvalue weighted by Crippen LogP contribution is -2.32. The molecule has 1 heterocycles. The summed E-state index contributed by atoms with van der Waals surface area (Å²) in [6.45, 7) is 4.77. The van der Waals surface area contributed by atoms with E-state index in [1.807, 2.05) is 12.1 Å². The second-order valence-electron chi connectivity index (χ2n) is 4.87. The topological polar surface area (TPSA) is 30.5 Å². The van der Waals surface area contributed by atoms with Gasteiger partial charge in [-0.05, 0) is 37.4 Å². The quantitative estimate of drug-likeness (QED) is 0.898. The van der Waals surface area contributed by atoms with Gasteiger partial charge in [0.2, 0.25) is 0 Å². The fourth-order valence-electron chi connectivity index (χ4n) is 2.74. The minimum absolute atomic E-state index is 0.307. The van der Waals surface area contributed by atoms with Gasteiger partial charge < -0.3 is 14.8 Å². The summed E-state index contributed by atoms with van der Waals surface area (Å²) in [6, 6.07) is 6.20. The first kappa shape index (κ1) is 14.6. The molecule has 1 unspecified atom stereocenters. The molecule has 0 radical (unpaired) electrons. The second-order valence-corrected chi connectivity index (χ2v) is 5.31. The van der Waals surface area contributed by atoms with Crippen molar-refractivity contribution in [2.24, 2.45) is 5.92 Å². The van der Waals surface area contributed by atoms with Crippen LogP contribution in [0.4, 0.5) is 0 Å². The predicted octanol–water partition coefficient (Wildman–Crippen LogP) is 3.43. The number of benzene rings is 1. The Kier molecular flexibility index (Phi) is 5.49. The van der Waals surface area contributed by atoms with E-state index in [-0.39, 0.29) is 0 Å². The molecule has 2 rings (SSSR count). The van der Waals surface area contributed by atoms with Crippen LogP contribution in [0.25, 0.3) is 0 Å². The highest BCUT2D eigenvalue weighted by molar-refractivity contribution is 6.30. The van der Waals surface area contributed by atoms with Crippen molar-refractivity contribution in [3.63, 3.8) is 0 Å². The SMILES string of the molecule is CCNC(c1ccc(Cl)cc1OC)C1CCOCC1. The summed E-state index contributed by atoms with van der Waals surface area (Å²) < 4.78 is 10.9. The van der Waals surface area contributed by atoms with Gasteiger partial charge in [-0.3, -0.25) is 0 Å². The molecule has 0 saturated carbocycles. The summed E-state index contributed by atoms with van der Waals surface area (Å²) in [4.78, 5) is 0. The van der Waals surface area contributed by atoms with Crippen molar-refractivity contribution in [2.75, 3.05) is 26.9 Å². The maximum atomic E-state index is 6.04. The summed E-state index contributed by atoms with van der Waals surface area (Å²) in [7, 11) is 1.70. The first-order valence-corrected chi connectivity index (χ1v) is 7.28. The van der Waals surface area contributed by atoms with Gasteiger partial charge in [0.25, 0.3) is 0 Å². The Bertz CT molecular complexity index is 405. The smallest absolute Gasteiger partial charge is 0.125 e. The van der Waals surface area contributed by atoms with Gasteiger partial charge in [0.05, 0.1) is 7.11 Å². The Morgan fingerprint density at radius 3 is 2.79 bits per heavy atom. The lowest BCUT2D eigenvalue weighted by molar-refractivity contribution is 0.0535. The third-order valence-corrected chi connectivity index (χ3v) is 3.93. The van der Waals surface area contributed by atoms with Crippen molar-refractivity contribution in [2.45, 2.75) is 25.8 Å². The molecule has 1 aromatic carbocycles. The molecule has 106 valence electrons. The Hall–Kier alpha value is -0.770. The monoisotopic (exact) mass is 283 g/mol. The zero-order valence-electron chi connectivity index (χ0n) is 11.6. The third kappa shape index (κ3) is 3.62. The number of nitrogens with one attached hydrogen (secondary N) is 1. The van der Waals surface area contributed by atoms with E-state index >= 15 is 0 Å². The van der Waals surface area contributed by atoms with Gasteiger partial charge in [0, 0.05) is 29.8 Å². The molecule has 1 fully saturated rings. The number of rotatable bonds is 5. The number of ether oxygens (including phenoxy) is 2. The molecule has 1 atom stereocenters. The summed E-state index contributed by atoms with van der Waals surface area (Å²) >= 11 is 6.04. The van der Waals surface area contributed by atoms with Crippen LogP contribution in [0.3, 0.4) is 0 Å². The first-order chi connectivity index (χ1) is 9.26. The Morgan fingerprint density at radius 2 is 2.16 bits per heavy atom. The van der Waals surface area contributed by atoms with Gasteiger partial charge in [-0.2, -0.15) is 0 Å². The molecule has 0 bridgehead atoms. The molecule has 1 N–H and O–H groups in total. The minimum Gasteiger partial charge on any atom is -0.496 e. The first-order valence-electron chi connectivity index (χ1n) is 6.90. The molecule has 1 aliphatic heterocycles. The van der Waals surface area contributed by atoms with Crippen LogP contribution in [0.1, 0.15) is 31.4 Å². The molecule has 0 amide bonds. The molecule has 0 spiro atoms. The third-order valence-electron chi connectivity index (χ3n) is 3.69. The average molecular weight is 284 g/mol. The summed E-state index contributed by atoms with van der Waals surface area (Å²) in [5.74, 6) is 1.45. The molecular weight excluding hydrogens is 262 g/mol. The van der Waals surface area contributed by atoms with Gasteiger partial charge in [0.15, 0.2) is 0 Å². The van der Waals surface area contributed by atoms with Gasteiger partial charge in [-0.1, -0.05) is 24.6 Å². The zero-order chi connectivity index (χ0) is 13.7. The van der Waals surface area contributed by atoms with E-state index in [9.17, 15) is 0 Å². The Labute approximate surface area is 120 Å². The van der Waals surface area contributed by atoms with Crippen LogP contribution in [0.5, 0.6) is 5.75 Å².